The van der Waals surface area contributed by atoms with Crippen LogP contribution in [0.3, 0.4) is 0 Å². The molecule has 0 atom stereocenters. The first-order valence-electron chi connectivity index (χ1n) is 5.40. The lowest BCUT2D eigenvalue weighted by atomic mass is 10.2. The van der Waals surface area contributed by atoms with E-state index >= 15 is 0 Å². The van der Waals surface area contributed by atoms with Crippen LogP contribution in [0.4, 0.5) is 18.9 Å². The Bertz CT molecular complexity index is 322. The maximum Gasteiger partial charge on any atom is 0.573 e. The van der Waals surface area contributed by atoms with Crippen molar-refractivity contribution in [1.29, 1.82) is 0 Å². The van der Waals surface area contributed by atoms with E-state index in [0.717, 1.165) is 31.5 Å². The standard InChI is InChI=1S/C12H15F3NO/c1-2-3-4-9-16-10-5-7-11(8-6-10)17-12(13,14)15/h5-8,16H,1-4,9H2. The minimum Gasteiger partial charge on any atom is -0.406 e. The van der Waals surface area contributed by atoms with Crippen LogP contribution in [0, 0.1) is 6.92 Å². The molecule has 0 spiro atoms. The maximum absolute atomic E-state index is 11.9. The molecular formula is C12H15F3NO. The summed E-state index contributed by atoms with van der Waals surface area (Å²) < 4.78 is 39.4. The molecule has 1 N–H and O–H groups in total. The fraction of sp³-hybridized carbons (Fsp3) is 0.417. The average Bonchev–Trinajstić information content (AvgIpc) is 2.25. The molecule has 0 aliphatic rings. The van der Waals surface area contributed by atoms with Gasteiger partial charge in [0.05, 0.1) is 0 Å². The summed E-state index contributed by atoms with van der Waals surface area (Å²) in [5.41, 5.74) is 0.781. The number of hydrogen-bond donors (Lipinski definition) is 1. The van der Waals surface area contributed by atoms with E-state index in [2.05, 4.69) is 17.0 Å². The Morgan fingerprint density at radius 2 is 1.76 bits per heavy atom. The van der Waals surface area contributed by atoms with E-state index in [-0.39, 0.29) is 5.75 Å². The van der Waals surface area contributed by atoms with E-state index in [1.807, 2.05) is 0 Å². The van der Waals surface area contributed by atoms with Crippen LogP contribution in [0.5, 0.6) is 5.75 Å². The van der Waals surface area contributed by atoms with Gasteiger partial charge < -0.3 is 10.1 Å². The number of anilines is 1. The number of ether oxygens (including phenoxy) is 1. The van der Waals surface area contributed by atoms with Crippen LogP contribution in [0.2, 0.25) is 0 Å². The minimum atomic E-state index is -4.64. The molecule has 0 amide bonds. The van der Waals surface area contributed by atoms with Gasteiger partial charge in [0, 0.05) is 12.2 Å². The Morgan fingerprint density at radius 1 is 1.12 bits per heavy atom. The summed E-state index contributed by atoms with van der Waals surface area (Å²) in [7, 11) is 0. The first kappa shape index (κ1) is 13.7. The second kappa shape index (κ2) is 6.37. The van der Waals surface area contributed by atoms with Gasteiger partial charge in [0.1, 0.15) is 5.75 Å². The smallest absolute Gasteiger partial charge is 0.406 e. The number of rotatable bonds is 6. The molecule has 1 aromatic carbocycles. The second-order valence-electron chi connectivity index (χ2n) is 3.56. The van der Waals surface area contributed by atoms with Gasteiger partial charge in [-0.15, -0.1) is 13.2 Å². The van der Waals surface area contributed by atoms with Gasteiger partial charge in [0.15, 0.2) is 0 Å². The summed E-state index contributed by atoms with van der Waals surface area (Å²) in [6.07, 6.45) is -1.73. The molecule has 5 heteroatoms. The molecule has 0 heterocycles. The monoisotopic (exact) mass is 246 g/mol. The van der Waals surface area contributed by atoms with Crippen LogP contribution in [-0.2, 0) is 0 Å². The van der Waals surface area contributed by atoms with Crippen molar-refractivity contribution in [3.05, 3.63) is 31.2 Å². The zero-order chi connectivity index (χ0) is 12.7. The van der Waals surface area contributed by atoms with E-state index in [4.69, 9.17) is 0 Å². The molecule has 0 fully saturated rings. The lowest BCUT2D eigenvalue weighted by molar-refractivity contribution is -0.274. The van der Waals surface area contributed by atoms with Crippen LogP contribution in [0.1, 0.15) is 19.3 Å². The number of nitrogens with one attached hydrogen (secondary N) is 1. The molecule has 95 valence electrons. The third kappa shape index (κ3) is 6.04. The molecule has 17 heavy (non-hydrogen) atoms. The van der Waals surface area contributed by atoms with Crippen molar-refractivity contribution in [3.8, 4) is 5.75 Å². The Labute approximate surface area is 98.8 Å². The van der Waals surface area contributed by atoms with Gasteiger partial charge in [-0.05, 0) is 30.7 Å². The van der Waals surface area contributed by atoms with Gasteiger partial charge in [0.2, 0.25) is 0 Å². The highest BCUT2D eigenvalue weighted by atomic mass is 19.4. The van der Waals surface area contributed by atoms with E-state index in [1.54, 1.807) is 12.1 Å². The first-order valence-corrected chi connectivity index (χ1v) is 5.40. The van der Waals surface area contributed by atoms with Gasteiger partial charge in [-0.3, -0.25) is 0 Å². The highest BCUT2D eigenvalue weighted by Gasteiger charge is 2.30. The summed E-state index contributed by atoms with van der Waals surface area (Å²) >= 11 is 0. The maximum atomic E-state index is 11.9. The third-order valence-electron chi connectivity index (χ3n) is 2.09. The quantitative estimate of drug-likeness (QED) is 0.766. The van der Waals surface area contributed by atoms with Crippen LogP contribution < -0.4 is 10.1 Å². The summed E-state index contributed by atoms with van der Waals surface area (Å²) in [6.45, 7) is 4.51. The predicted molar refractivity (Wildman–Crippen MR) is 60.8 cm³/mol. The Balaban J connectivity index is 2.39. The van der Waals surface area contributed by atoms with Gasteiger partial charge in [0.25, 0.3) is 0 Å². The summed E-state index contributed by atoms with van der Waals surface area (Å²) in [4.78, 5) is 0. The van der Waals surface area contributed by atoms with Crippen molar-refractivity contribution in [2.24, 2.45) is 0 Å². The van der Waals surface area contributed by atoms with Crippen molar-refractivity contribution in [3.63, 3.8) is 0 Å². The lowest BCUT2D eigenvalue weighted by Crippen LogP contribution is -2.17. The normalized spacial score (nSPS) is 11.3. The summed E-state index contributed by atoms with van der Waals surface area (Å²) in [5, 5.41) is 3.10. The summed E-state index contributed by atoms with van der Waals surface area (Å²) in [6, 6.07) is 5.70. The Morgan fingerprint density at radius 3 is 2.29 bits per heavy atom. The predicted octanol–water partition coefficient (Wildman–Crippen LogP) is 4.00. The molecule has 1 radical (unpaired) electrons. The third-order valence-corrected chi connectivity index (χ3v) is 2.09. The van der Waals surface area contributed by atoms with Crippen LogP contribution >= 0.6 is 0 Å². The van der Waals surface area contributed by atoms with E-state index in [9.17, 15) is 13.2 Å². The zero-order valence-corrected chi connectivity index (χ0v) is 9.39. The van der Waals surface area contributed by atoms with E-state index in [0.29, 0.717) is 0 Å². The molecule has 0 aromatic heterocycles. The Kier molecular flexibility index (Phi) is 5.12. The number of unbranched alkanes of at least 4 members (excludes halogenated alkanes) is 2. The Hall–Kier alpha value is -1.39. The molecule has 0 bridgehead atoms. The van der Waals surface area contributed by atoms with Crippen molar-refractivity contribution in [2.75, 3.05) is 11.9 Å². The van der Waals surface area contributed by atoms with Gasteiger partial charge >= 0.3 is 6.36 Å². The number of halogens is 3. The fourth-order valence-electron chi connectivity index (χ4n) is 1.31. The number of hydrogen-bond acceptors (Lipinski definition) is 2. The fourth-order valence-corrected chi connectivity index (χ4v) is 1.31. The molecule has 0 saturated carbocycles. The highest BCUT2D eigenvalue weighted by molar-refractivity contribution is 5.46. The van der Waals surface area contributed by atoms with Crippen molar-refractivity contribution in [2.45, 2.75) is 25.6 Å². The average molecular weight is 246 g/mol. The minimum absolute atomic E-state index is 0.208. The SMILES string of the molecule is [CH2]CCCCNc1ccc(OC(F)(F)F)cc1. The highest BCUT2D eigenvalue weighted by Crippen LogP contribution is 2.23. The summed E-state index contributed by atoms with van der Waals surface area (Å²) in [5.74, 6) is -0.208. The molecule has 0 aliphatic heterocycles. The molecule has 1 aromatic rings. The number of alkyl halides is 3. The van der Waals surface area contributed by atoms with Gasteiger partial charge in [-0.1, -0.05) is 19.8 Å². The van der Waals surface area contributed by atoms with E-state index < -0.39 is 6.36 Å². The van der Waals surface area contributed by atoms with Crippen molar-refractivity contribution in [1.82, 2.24) is 0 Å². The molecule has 2 nitrogen and oxygen atoms in total. The van der Waals surface area contributed by atoms with Crippen LogP contribution in [-0.4, -0.2) is 12.9 Å². The largest absolute Gasteiger partial charge is 0.573 e. The first-order chi connectivity index (χ1) is 8.01. The lowest BCUT2D eigenvalue weighted by Gasteiger charge is -2.10. The van der Waals surface area contributed by atoms with Crippen LogP contribution in [0.25, 0.3) is 0 Å². The second-order valence-corrected chi connectivity index (χ2v) is 3.56. The van der Waals surface area contributed by atoms with Gasteiger partial charge in [-0.25, -0.2) is 0 Å². The molecule has 0 aliphatic carbocycles. The molecular weight excluding hydrogens is 231 g/mol. The molecule has 0 saturated heterocycles. The number of benzene rings is 1. The van der Waals surface area contributed by atoms with Crippen molar-refractivity contribution < 1.29 is 17.9 Å². The van der Waals surface area contributed by atoms with Crippen molar-refractivity contribution >= 4 is 5.69 Å². The van der Waals surface area contributed by atoms with E-state index in [1.165, 1.54) is 12.1 Å². The molecule has 1 rings (SSSR count). The topological polar surface area (TPSA) is 21.3 Å². The van der Waals surface area contributed by atoms with Gasteiger partial charge in [-0.2, -0.15) is 0 Å². The van der Waals surface area contributed by atoms with Crippen LogP contribution in [0.15, 0.2) is 24.3 Å². The molecule has 0 unspecified atom stereocenters. The zero-order valence-electron chi connectivity index (χ0n) is 9.39.